The number of para-hydroxylation sites is 1. The van der Waals surface area contributed by atoms with Crippen LogP contribution in [0.4, 0.5) is 14.5 Å². The first-order chi connectivity index (χ1) is 17.7. The van der Waals surface area contributed by atoms with Crippen LogP contribution in [-0.2, 0) is 25.3 Å². The second-order valence-corrected chi connectivity index (χ2v) is 11.8. The minimum atomic E-state index is -1.70. The Morgan fingerprint density at radius 1 is 1.14 bits per heavy atom. The highest BCUT2D eigenvalue weighted by atomic mass is 35.5. The minimum absolute atomic E-state index is 0.0101. The summed E-state index contributed by atoms with van der Waals surface area (Å²) in [6.07, 6.45) is 1.27. The predicted molar refractivity (Wildman–Crippen MR) is 134 cm³/mol. The second-order valence-electron chi connectivity index (χ2n) is 9.74. The van der Waals surface area contributed by atoms with Crippen molar-refractivity contribution in [2.75, 3.05) is 17.5 Å². The van der Waals surface area contributed by atoms with Crippen LogP contribution in [0.5, 0.6) is 0 Å². The average molecular weight is 553 g/mol. The van der Waals surface area contributed by atoms with Crippen molar-refractivity contribution in [1.29, 1.82) is 0 Å². The lowest BCUT2D eigenvalue weighted by Crippen LogP contribution is -2.58. The number of nitrogens with zero attached hydrogens (tertiary/aromatic N) is 2. The molecule has 1 amide bonds. The molecule has 0 bridgehead atoms. The van der Waals surface area contributed by atoms with E-state index >= 15 is 0 Å². The van der Waals surface area contributed by atoms with Gasteiger partial charge in [0.05, 0.1) is 36.9 Å². The number of carboxylic acids is 1. The molecule has 2 aromatic carbocycles. The van der Waals surface area contributed by atoms with Gasteiger partial charge in [0, 0.05) is 5.02 Å². The molecule has 37 heavy (non-hydrogen) atoms. The Morgan fingerprint density at radius 3 is 2.35 bits per heavy atom. The third kappa shape index (κ3) is 5.66. The van der Waals surface area contributed by atoms with Crippen molar-refractivity contribution in [3.05, 3.63) is 64.7 Å². The number of carbonyl (C=O) groups excluding carboxylic acids is 1. The van der Waals surface area contributed by atoms with Gasteiger partial charge < -0.3 is 14.7 Å². The maximum atomic E-state index is 14.9. The topological polar surface area (TPSA) is 87.2 Å². The molecule has 3 fully saturated rings. The number of aliphatic carboxylic acids is 1. The molecule has 5 rings (SSSR count). The van der Waals surface area contributed by atoms with Gasteiger partial charge in [-0.1, -0.05) is 29.8 Å². The number of carbonyl (C=O) groups is 2. The maximum absolute atomic E-state index is 14.9. The zero-order valence-corrected chi connectivity index (χ0v) is 21.5. The van der Waals surface area contributed by atoms with Crippen LogP contribution >= 0.6 is 11.6 Å². The third-order valence-corrected chi connectivity index (χ3v) is 9.09. The van der Waals surface area contributed by atoms with Crippen LogP contribution in [0, 0.1) is 17.6 Å². The lowest BCUT2D eigenvalue weighted by atomic mass is 9.97. The summed E-state index contributed by atoms with van der Waals surface area (Å²) in [5, 5.41) is 9.66. The SMILES string of the molecule is O=C(O)CC1OC[C@@H](c2ccc(Cl)cc2)N(C(CN(c2c(F)cccc2F)S(=O)C2CC2)C2CC2)C1=O. The van der Waals surface area contributed by atoms with Gasteiger partial charge in [0.25, 0.3) is 5.91 Å². The van der Waals surface area contributed by atoms with Crippen molar-refractivity contribution in [3.8, 4) is 0 Å². The molecule has 0 radical (unpaired) electrons. The molecule has 3 aliphatic rings. The van der Waals surface area contributed by atoms with Crippen LogP contribution < -0.4 is 4.31 Å². The van der Waals surface area contributed by atoms with E-state index in [1.807, 2.05) is 0 Å². The fourth-order valence-corrected chi connectivity index (χ4v) is 6.55. The number of anilines is 1. The highest BCUT2D eigenvalue weighted by Gasteiger charge is 2.48. The summed E-state index contributed by atoms with van der Waals surface area (Å²) in [7, 11) is -1.70. The lowest BCUT2D eigenvalue weighted by molar-refractivity contribution is -0.169. The molecule has 2 aromatic rings. The fourth-order valence-electron chi connectivity index (χ4n) is 4.87. The van der Waals surface area contributed by atoms with Crippen LogP contribution in [0.25, 0.3) is 0 Å². The average Bonchev–Trinajstić information content (AvgIpc) is 3.76. The number of morpholine rings is 1. The van der Waals surface area contributed by atoms with Gasteiger partial charge in [-0.05, 0) is 61.4 Å². The Hall–Kier alpha value is -2.56. The molecule has 4 atom stereocenters. The number of benzene rings is 2. The number of amides is 1. The second kappa shape index (κ2) is 10.7. The smallest absolute Gasteiger partial charge is 0.306 e. The molecule has 0 spiro atoms. The number of hydrogen-bond donors (Lipinski definition) is 1. The van der Waals surface area contributed by atoms with Gasteiger partial charge in [0.15, 0.2) is 0 Å². The summed E-state index contributed by atoms with van der Waals surface area (Å²) in [6.45, 7) is -0.00440. The van der Waals surface area contributed by atoms with Gasteiger partial charge >= 0.3 is 5.97 Å². The zero-order chi connectivity index (χ0) is 26.3. The van der Waals surface area contributed by atoms with Crippen LogP contribution in [0.2, 0.25) is 5.02 Å². The molecule has 7 nitrogen and oxygen atoms in total. The molecule has 1 heterocycles. The summed E-state index contributed by atoms with van der Waals surface area (Å²) in [4.78, 5) is 26.8. The van der Waals surface area contributed by atoms with E-state index in [2.05, 4.69) is 0 Å². The maximum Gasteiger partial charge on any atom is 0.306 e. The molecule has 0 aromatic heterocycles. The molecule has 11 heteroatoms. The quantitative estimate of drug-likeness (QED) is 0.470. The van der Waals surface area contributed by atoms with E-state index < -0.39 is 59.1 Å². The van der Waals surface area contributed by atoms with Crippen molar-refractivity contribution in [1.82, 2.24) is 4.90 Å². The van der Waals surface area contributed by atoms with E-state index in [1.165, 1.54) is 10.4 Å². The van der Waals surface area contributed by atoms with Gasteiger partial charge in [0.1, 0.15) is 34.4 Å². The van der Waals surface area contributed by atoms with Gasteiger partial charge in [-0.2, -0.15) is 0 Å². The molecule has 2 saturated carbocycles. The number of hydrogen-bond acceptors (Lipinski definition) is 4. The molecule has 1 aliphatic heterocycles. The van der Waals surface area contributed by atoms with E-state index in [-0.39, 0.29) is 30.0 Å². The highest BCUT2D eigenvalue weighted by Crippen LogP contribution is 2.43. The van der Waals surface area contributed by atoms with Gasteiger partial charge in [-0.15, -0.1) is 0 Å². The molecule has 1 saturated heterocycles. The van der Waals surface area contributed by atoms with Gasteiger partial charge in [-0.25, -0.2) is 13.0 Å². The van der Waals surface area contributed by atoms with Crippen LogP contribution in [0.3, 0.4) is 0 Å². The van der Waals surface area contributed by atoms with Crippen molar-refractivity contribution in [2.45, 2.75) is 55.5 Å². The molecule has 3 unspecified atom stereocenters. The van der Waals surface area contributed by atoms with E-state index in [1.54, 1.807) is 29.2 Å². The first kappa shape index (κ1) is 26.1. The number of carboxylic acid groups (broad SMARTS) is 1. The summed E-state index contributed by atoms with van der Waals surface area (Å²) in [5.74, 6) is -3.31. The Kier molecular flexibility index (Phi) is 7.51. The first-order valence-electron chi connectivity index (χ1n) is 12.3. The first-order valence-corrected chi connectivity index (χ1v) is 13.8. The largest absolute Gasteiger partial charge is 0.481 e. The molecule has 1 N–H and O–H groups in total. The predicted octanol–water partition coefficient (Wildman–Crippen LogP) is 4.47. The van der Waals surface area contributed by atoms with Crippen molar-refractivity contribution in [3.63, 3.8) is 0 Å². The third-order valence-electron chi connectivity index (χ3n) is 7.03. The Bertz CT molecular complexity index is 1190. The van der Waals surface area contributed by atoms with E-state index in [9.17, 15) is 27.7 Å². The number of halogens is 3. The summed E-state index contributed by atoms with van der Waals surface area (Å²) in [5.41, 5.74) is 0.369. The van der Waals surface area contributed by atoms with Gasteiger partial charge in [-0.3, -0.25) is 13.9 Å². The molecule has 198 valence electrons. The highest BCUT2D eigenvalue weighted by molar-refractivity contribution is 7.87. The minimum Gasteiger partial charge on any atom is -0.481 e. The van der Waals surface area contributed by atoms with E-state index in [4.69, 9.17) is 16.3 Å². The standard InChI is InChI=1S/C26H27ClF2N2O5S/c27-17-8-6-16(7-9-17)22-14-36-23(12-24(32)33)26(34)31(22)21(15-4-5-15)13-30(37(35)18-10-11-18)25-19(28)2-1-3-20(25)29/h1-3,6-9,15,18,21-23H,4-5,10-14H2,(H,32,33)/t21?,22-,23?,37?/m0/s1. The van der Waals surface area contributed by atoms with E-state index in [0.717, 1.165) is 30.5 Å². The van der Waals surface area contributed by atoms with Gasteiger partial charge in [0.2, 0.25) is 0 Å². The lowest BCUT2D eigenvalue weighted by Gasteiger charge is -2.45. The monoisotopic (exact) mass is 552 g/mol. The Labute approximate surface area is 220 Å². The molecule has 2 aliphatic carbocycles. The number of ether oxygens (including phenoxy) is 1. The fraction of sp³-hybridized carbons (Fsp3) is 0.462. The van der Waals surface area contributed by atoms with E-state index in [0.29, 0.717) is 17.9 Å². The summed E-state index contributed by atoms with van der Waals surface area (Å²) in [6, 6.07) is 9.31. The summed E-state index contributed by atoms with van der Waals surface area (Å²) >= 11 is 6.07. The normalized spacial score (nSPS) is 23.5. The molecular formula is C26H27ClF2N2O5S. The summed E-state index contributed by atoms with van der Waals surface area (Å²) < 4.78 is 50.2. The zero-order valence-electron chi connectivity index (χ0n) is 19.9. The van der Waals surface area contributed by atoms with Crippen LogP contribution in [0.1, 0.15) is 43.7 Å². The van der Waals surface area contributed by atoms with Crippen LogP contribution in [0.15, 0.2) is 42.5 Å². The number of rotatable bonds is 10. The Morgan fingerprint density at radius 2 is 1.78 bits per heavy atom. The molecular weight excluding hydrogens is 526 g/mol. The van der Waals surface area contributed by atoms with Crippen molar-refractivity contribution < 1.29 is 32.4 Å². The Balaban J connectivity index is 1.54. The van der Waals surface area contributed by atoms with Crippen molar-refractivity contribution in [2.24, 2.45) is 5.92 Å². The van der Waals surface area contributed by atoms with Crippen molar-refractivity contribution >= 4 is 40.2 Å². The van der Waals surface area contributed by atoms with Crippen LogP contribution in [-0.4, -0.2) is 56.6 Å².